The van der Waals surface area contributed by atoms with Gasteiger partial charge in [0.15, 0.2) is 0 Å². The van der Waals surface area contributed by atoms with Crippen molar-refractivity contribution in [2.24, 2.45) is 7.05 Å². The second-order valence-electron chi connectivity index (χ2n) is 5.08. The summed E-state index contributed by atoms with van der Waals surface area (Å²) in [5.74, 6) is -1.44. The van der Waals surface area contributed by atoms with E-state index in [1.165, 1.54) is 16.9 Å². The lowest BCUT2D eigenvalue weighted by Crippen LogP contribution is -2.37. The van der Waals surface area contributed by atoms with Crippen LogP contribution in [0.4, 0.5) is 5.82 Å². The van der Waals surface area contributed by atoms with Crippen molar-refractivity contribution in [1.29, 1.82) is 5.26 Å². The van der Waals surface area contributed by atoms with Gasteiger partial charge in [-0.05, 0) is 18.2 Å². The van der Waals surface area contributed by atoms with E-state index in [0.717, 1.165) is 4.90 Å². The van der Waals surface area contributed by atoms with Gasteiger partial charge in [0.25, 0.3) is 11.8 Å². The molecule has 2 heterocycles. The highest BCUT2D eigenvalue weighted by atomic mass is 79.9. The Morgan fingerprint density at radius 3 is 2.75 bits per heavy atom. The van der Waals surface area contributed by atoms with Gasteiger partial charge in [-0.3, -0.25) is 24.0 Å². The molecule has 3 rings (SSSR count). The van der Waals surface area contributed by atoms with Crippen molar-refractivity contribution in [2.75, 3.05) is 11.9 Å². The number of aromatic nitrogens is 2. The smallest absolute Gasteiger partial charge is 0.262 e. The Kier molecular flexibility index (Phi) is 3.91. The molecule has 9 heteroatoms. The number of aryl methyl sites for hydroxylation is 1. The van der Waals surface area contributed by atoms with Crippen molar-refractivity contribution in [1.82, 2.24) is 14.7 Å². The van der Waals surface area contributed by atoms with E-state index in [0.29, 0.717) is 4.47 Å². The number of rotatable bonds is 3. The molecule has 1 aromatic heterocycles. The minimum Gasteiger partial charge on any atom is -0.308 e. The van der Waals surface area contributed by atoms with Gasteiger partial charge in [0, 0.05) is 11.5 Å². The third kappa shape index (κ3) is 2.57. The number of nitrogens with one attached hydrogen (secondary N) is 1. The van der Waals surface area contributed by atoms with Gasteiger partial charge >= 0.3 is 0 Å². The van der Waals surface area contributed by atoms with Gasteiger partial charge in [0.2, 0.25) is 5.91 Å². The summed E-state index contributed by atoms with van der Waals surface area (Å²) >= 11 is 3.25. The fraction of sp³-hybridized carbons (Fsp3) is 0.133. The van der Waals surface area contributed by atoms with Gasteiger partial charge in [-0.15, -0.1) is 0 Å². The molecule has 0 bridgehead atoms. The number of carbonyl (C=O) groups is 3. The van der Waals surface area contributed by atoms with Crippen LogP contribution in [0.15, 0.2) is 28.9 Å². The van der Waals surface area contributed by atoms with Crippen molar-refractivity contribution >= 4 is 39.5 Å². The third-order valence-electron chi connectivity index (χ3n) is 3.55. The molecule has 0 spiro atoms. The maximum atomic E-state index is 12.3. The average molecular weight is 388 g/mol. The van der Waals surface area contributed by atoms with E-state index < -0.39 is 24.3 Å². The van der Waals surface area contributed by atoms with Crippen LogP contribution in [0, 0.1) is 11.3 Å². The molecule has 1 aromatic carbocycles. The quantitative estimate of drug-likeness (QED) is 0.798. The van der Waals surface area contributed by atoms with Crippen LogP contribution >= 0.6 is 15.9 Å². The van der Waals surface area contributed by atoms with Gasteiger partial charge in [0.05, 0.1) is 17.3 Å². The number of anilines is 1. The molecule has 3 amide bonds. The molecule has 1 N–H and O–H groups in total. The van der Waals surface area contributed by atoms with E-state index in [9.17, 15) is 14.4 Å². The lowest BCUT2D eigenvalue weighted by Gasteiger charge is -2.13. The number of amides is 3. The van der Waals surface area contributed by atoms with Crippen LogP contribution in [-0.4, -0.2) is 38.9 Å². The summed E-state index contributed by atoms with van der Waals surface area (Å²) in [4.78, 5) is 37.7. The first-order valence-corrected chi connectivity index (χ1v) is 7.59. The fourth-order valence-corrected chi connectivity index (χ4v) is 2.75. The van der Waals surface area contributed by atoms with Crippen LogP contribution in [0.25, 0.3) is 0 Å². The summed E-state index contributed by atoms with van der Waals surface area (Å²) in [6.45, 7) is -0.444. The van der Waals surface area contributed by atoms with Crippen LogP contribution in [0.1, 0.15) is 26.3 Å². The van der Waals surface area contributed by atoms with Crippen molar-refractivity contribution in [3.63, 3.8) is 0 Å². The lowest BCUT2D eigenvalue weighted by molar-refractivity contribution is -0.116. The van der Waals surface area contributed by atoms with Crippen LogP contribution in [0.3, 0.4) is 0 Å². The minimum absolute atomic E-state index is 0.192. The van der Waals surface area contributed by atoms with Crippen molar-refractivity contribution < 1.29 is 14.4 Å². The highest BCUT2D eigenvalue weighted by Gasteiger charge is 2.36. The molecule has 1 aliphatic rings. The van der Waals surface area contributed by atoms with E-state index in [2.05, 4.69) is 26.3 Å². The third-order valence-corrected chi connectivity index (χ3v) is 4.04. The maximum absolute atomic E-state index is 12.3. The first kappa shape index (κ1) is 15.9. The number of nitrogens with zero attached hydrogens (tertiary/aromatic N) is 4. The second-order valence-corrected chi connectivity index (χ2v) is 5.99. The Balaban J connectivity index is 1.79. The summed E-state index contributed by atoms with van der Waals surface area (Å²) in [6.07, 6.45) is 1.31. The predicted molar refractivity (Wildman–Crippen MR) is 86.1 cm³/mol. The van der Waals surface area contributed by atoms with Crippen molar-refractivity contribution in [2.45, 2.75) is 0 Å². The molecule has 0 fully saturated rings. The number of nitriles is 1. The van der Waals surface area contributed by atoms with Gasteiger partial charge in [-0.25, -0.2) is 0 Å². The van der Waals surface area contributed by atoms with E-state index in [-0.39, 0.29) is 22.5 Å². The largest absolute Gasteiger partial charge is 0.308 e. The molecule has 2 aromatic rings. The molecule has 0 saturated carbocycles. The molecule has 0 radical (unpaired) electrons. The van der Waals surface area contributed by atoms with Gasteiger partial charge < -0.3 is 5.32 Å². The zero-order chi connectivity index (χ0) is 17.4. The average Bonchev–Trinajstić information content (AvgIpc) is 3.01. The zero-order valence-corrected chi connectivity index (χ0v) is 14.0. The van der Waals surface area contributed by atoms with Gasteiger partial charge in [0.1, 0.15) is 24.0 Å². The molecule has 0 aliphatic carbocycles. The Labute approximate surface area is 144 Å². The number of carbonyl (C=O) groups excluding carboxylic acids is 3. The standard InChI is InChI=1S/C15H10BrN5O3/c1-20-13(8(5-17)6-18-20)19-12(22)7-21-14(23)10-3-2-9(16)4-11(10)15(21)24/h2-4,6H,7H2,1H3,(H,19,22). The Hall–Kier alpha value is -2.99. The molecule has 1 aliphatic heterocycles. The zero-order valence-electron chi connectivity index (χ0n) is 12.4. The minimum atomic E-state index is -0.594. The van der Waals surface area contributed by atoms with Crippen molar-refractivity contribution in [3.8, 4) is 6.07 Å². The Morgan fingerprint density at radius 1 is 1.33 bits per heavy atom. The maximum Gasteiger partial charge on any atom is 0.262 e. The molecule has 0 saturated heterocycles. The summed E-state index contributed by atoms with van der Waals surface area (Å²) in [5.41, 5.74) is 0.701. The summed E-state index contributed by atoms with van der Waals surface area (Å²) in [7, 11) is 1.57. The monoisotopic (exact) mass is 387 g/mol. The summed E-state index contributed by atoms with van der Waals surface area (Å²) in [6, 6.07) is 6.64. The lowest BCUT2D eigenvalue weighted by atomic mass is 10.1. The predicted octanol–water partition coefficient (Wildman–Crippen LogP) is 1.29. The van der Waals surface area contributed by atoms with Crippen LogP contribution in [0.2, 0.25) is 0 Å². The summed E-state index contributed by atoms with van der Waals surface area (Å²) in [5, 5.41) is 15.4. The molecule has 120 valence electrons. The normalized spacial score (nSPS) is 13.0. The molecule has 24 heavy (non-hydrogen) atoms. The van der Waals surface area contributed by atoms with E-state index in [4.69, 9.17) is 5.26 Å². The number of hydrogen-bond donors (Lipinski definition) is 1. The highest BCUT2D eigenvalue weighted by Crippen LogP contribution is 2.26. The van der Waals surface area contributed by atoms with Crippen LogP contribution in [0.5, 0.6) is 0 Å². The Morgan fingerprint density at radius 2 is 2.04 bits per heavy atom. The van der Waals surface area contributed by atoms with Crippen LogP contribution < -0.4 is 5.32 Å². The van der Waals surface area contributed by atoms with Crippen molar-refractivity contribution in [3.05, 3.63) is 45.6 Å². The number of fused-ring (bicyclic) bond motifs is 1. The molecule has 0 unspecified atom stereocenters. The highest BCUT2D eigenvalue weighted by molar-refractivity contribution is 9.10. The summed E-state index contributed by atoms with van der Waals surface area (Å²) < 4.78 is 2.00. The molecule has 0 atom stereocenters. The van der Waals surface area contributed by atoms with E-state index in [1.54, 1.807) is 19.2 Å². The van der Waals surface area contributed by atoms with Crippen LogP contribution in [-0.2, 0) is 11.8 Å². The number of hydrogen-bond acceptors (Lipinski definition) is 5. The molecular formula is C15H10BrN5O3. The van der Waals surface area contributed by atoms with Gasteiger partial charge in [-0.2, -0.15) is 10.4 Å². The number of benzene rings is 1. The molecule has 8 nitrogen and oxygen atoms in total. The first-order chi connectivity index (χ1) is 11.4. The fourth-order valence-electron chi connectivity index (χ4n) is 2.39. The number of halogens is 1. The SMILES string of the molecule is Cn1ncc(C#N)c1NC(=O)CN1C(=O)c2ccc(Br)cc2C1=O. The first-order valence-electron chi connectivity index (χ1n) is 6.80. The molecular weight excluding hydrogens is 378 g/mol. The number of imide groups is 1. The van der Waals surface area contributed by atoms with E-state index >= 15 is 0 Å². The Bertz CT molecular complexity index is 928. The topological polar surface area (TPSA) is 108 Å². The van der Waals surface area contributed by atoms with Gasteiger partial charge in [-0.1, -0.05) is 15.9 Å². The second kappa shape index (κ2) is 5.90. The van der Waals surface area contributed by atoms with E-state index in [1.807, 2.05) is 6.07 Å².